The molecule has 0 saturated heterocycles. The smallest absolute Gasteiger partial charge is 0.219 e. The summed E-state index contributed by atoms with van der Waals surface area (Å²) < 4.78 is 0. The SMILES string of the molecule is CCCCCCCCCCCC(=O)NCCCN(O)CC(O)O. The number of carbonyl (C=O) groups is 1. The number of rotatable bonds is 16. The van der Waals surface area contributed by atoms with E-state index < -0.39 is 6.29 Å². The summed E-state index contributed by atoms with van der Waals surface area (Å²) >= 11 is 0. The van der Waals surface area contributed by atoms with Crippen molar-refractivity contribution in [1.29, 1.82) is 0 Å². The van der Waals surface area contributed by atoms with Crippen molar-refractivity contribution in [2.24, 2.45) is 0 Å². The van der Waals surface area contributed by atoms with E-state index in [1.807, 2.05) is 0 Å². The van der Waals surface area contributed by atoms with Crippen molar-refractivity contribution >= 4 is 5.91 Å². The highest BCUT2D eigenvalue weighted by Gasteiger charge is 2.06. The zero-order chi connectivity index (χ0) is 17.3. The average molecular weight is 332 g/mol. The lowest BCUT2D eigenvalue weighted by Gasteiger charge is -2.15. The van der Waals surface area contributed by atoms with Gasteiger partial charge in [-0.3, -0.25) is 4.79 Å². The first-order chi connectivity index (χ1) is 11.1. The summed E-state index contributed by atoms with van der Waals surface area (Å²) in [5, 5.41) is 30.3. The second kappa shape index (κ2) is 16.2. The topological polar surface area (TPSA) is 93.0 Å². The molecule has 6 heteroatoms. The van der Waals surface area contributed by atoms with Crippen LogP contribution in [0.1, 0.15) is 77.6 Å². The number of unbranched alkanes of at least 4 members (excludes halogenated alkanes) is 8. The Bertz CT molecular complexity index is 275. The third-order valence-corrected chi connectivity index (χ3v) is 3.80. The van der Waals surface area contributed by atoms with Crippen LogP contribution in [0.5, 0.6) is 0 Å². The van der Waals surface area contributed by atoms with Crippen LogP contribution in [0.3, 0.4) is 0 Å². The van der Waals surface area contributed by atoms with E-state index in [4.69, 9.17) is 10.2 Å². The van der Waals surface area contributed by atoms with Crippen LogP contribution in [0.25, 0.3) is 0 Å². The number of aliphatic hydroxyl groups is 2. The average Bonchev–Trinajstić information content (AvgIpc) is 2.49. The Morgan fingerprint density at radius 2 is 1.52 bits per heavy atom. The van der Waals surface area contributed by atoms with E-state index in [2.05, 4.69) is 12.2 Å². The van der Waals surface area contributed by atoms with Gasteiger partial charge in [0.1, 0.15) is 0 Å². The van der Waals surface area contributed by atoms with Gasteiger partial charge < -0.3 is 20.7 Å². The summed E-state index contributed by atoms with van der Waals surface area (Å²) in [6.45, 7) is 2.82. The molecule has 0 fully saturated rings. The quantitative estimate of drug-likeness (QED) is 0.198. The lowest BCUT2D eigenvalue weighted by molar-refractivity contribution is -0.158. The van der Waals surface area contributed by atoms with Crippen LogP contribution in [-0.4, -0.2) is 52.3 Å². The molecule has 0 aromatic heterocycles. The van der Waals surface area contributed by atoms with Gasteiger partial charge in [-0.2, -0.15) is 5.06 Å². The van der Waals surface area contributed by atoms with Crippen LogP contribution in [-0.2, 0) is 4.79 Å². The van der Waals surface area contributed by atoms with Gasteiger partial charge in [-0.05, 0) is 12.8 Å². The van der Waals surface area contributed by atoms with E-state index >= 15 is 0 Å². The molecule has 23 heavy (non-hydrogen) atoms. The number of carbonyl (C=O) groups excluding carboxylic acids is 1. The van der Waals surface area contributed by atoms with Crippen molar-refractivity contribution in [3.8, 4) is 0 Å². The predicted octanol–water partition coefficient (Wildman–Crippen LogP) is 2.42. The van der Waals surface area contributed by atoms with Crippen LogP contribution in [0.15, 0.2) is 0 Å². The van der Waals surface area contributed by atoms with Crippen LogP contribution in [0.4, 0.5) is 0 Å². The Kier molecular flexibility index (Phi) is 15.7. The Hall–Kier alpha value is -0.690. The fourth-order valence-electron chi connectivity index (χ4n) is 2.45. The summed E-state index contributed by atoms with van der Waals surface area (Å²) in [5.41, 5.74) is 0. The predicted molar refractivity (Wildman–Crippen MR) is 91.1 cm³/mol. The molecule has 0 aliphatic heterocycles. The summed E-state index contributed by atoms with van der Waals surface area (Å²) in [4.78, 5) is 11.6. The molecular weight excluding hydrogens is 296 g/mol. The molecule has 0 aromatic rings. The highest BCUT2D eigenvalue weighted by Crippen LogP contribution is 2.10. The van der Waals surface area contributed by atoms with Crippen LogP contribution >= 0.6 is 0 Å². The summed E-state index contributed by atoms with van der Waals surface area (Å²) in [6.07, 6.45) is 10.8. The highest BCUT2D eigenvalue weighted by molar-refractivity contribution is 5.75. The van der Waals surface area contributed by atoms with Gasteiger partial charge in [0.2, 0.25) is 5.91 Å². The molecule has 0 rings (SSSR count). The highest BCUT2D eigenvalue weighted by atomic mass is 16.5. The molecule has 0 radical (unpaired) electrons. The van der Waals surface area contributed by atoms with Gasteiger partial charge in [0.25, 0.3) is 0 Å². The number of nitrogens with zero attached hydrogens (tertiary/aromatic N) is 1. The van der Waals surface area contributed by atoms with E-state index in [9.17, 15) is 10.0 Å². The Morgan fingerprint density at radius 1 is 0.957 bits per heavy atom. The number of hydrogen-bond acceptors (Lipinski definition) is 5. The second-order valence-electron chi connectivity index (χ2n) is 6.18. The van der Waals surface area contributed by atoms with E-state index in [1.165, 1.54) is 44.9 Å². The minimum atomic E-state index is -1.54. The molecule has 0 aliphatic carbocycles. The summed E-state index contributed by atoms with van der Waals surface area (Å²) in [5.74, 6) is 0.0552. The van der Waals surface area contributed by atoms with Crippen LogP contribution < -0.4 is 5.32 Å². The first-order valence-electron chi connectivity index (χ1n) is 9.13. The number of aliphatic hydroxyl groups excluding tert-OH is 1. The molecule has 4 N–H and O–H groups in total. The fraction of sp³-hybridized carbons (Fsp3) is 0.941. The van der Waals surface area contributed by atoms with Crippen molar-refractivity contribution < 1.29 is 20.2 Å². The lowest BCUT2D eigenvalue weighted by Crippen LogP contribution is -2.32. The normalized spacial score (nSPS) is 11.4. The standard InChI is InChI=1S/C17H36N2O4/c1-2-3-4-5-6-7-8-9-10-12-16(20)18-13-11-14-19(23)15-17(21)22/h17,21-23H,2-15H2,1H3,(H,18,20). The van der Waals surface area contributed by atoms with Gasteiger partial charge in [-0.15, -0.1) is 0 Å². The van der Waals surface area contributed by atoms with Gasteiger partial charge in [0, 0.05) is 19.5 Å². The number of hydroxylamine groups is 2. The van der Waals surface area contributed by atoms with E-state index in [0.29, 0.717) is 25.9 Å². The molecule has 0 unspecified atom stereocenters. The molecule has 138 valence electrons. The van der Waals surface area contributed by atoms with Crippen LogP contribution in [0.2, 0.25) is 0 Å². The largest absolute Gasteiger partial charge is 0.367 e. The maximum absolute atomic E-state index is 11.6. The lowest BCUT2D eigenvalue weighted by atomic mass is 10.1. The van der Waals surface area contributed by atoms with Gasteiger partial charge in [0.05, 0.1) is 6.54 Å². The van der Waals surface area contributed by atoms with Crippen molar-refractivity contribution in [2.45, 2.75) is 83.8 Å². The molecule has 0 heterocycles. The minimum absolute atomic E-state index is 0.0552. The third kappa shape index (κ3) is 17.5. The molecule has 0 atom stereocenters. The number of amides is 1. The molecule has 6 nitrogen and oxygen atoms in total. The van der Waals surface area contributed by atoms with Gasteiger partial charge in [-0.25, -0.2) is 0 Å². The Balaban J connectivity index is 3.28. The van der Waals surface area contributed by atoms with Gasteiger partial charge in [0.15, 0.2) is 6.29 Å². The zero-order valence-electron chi connectivity index (χ0n) is 14.7. The van der Waals surface area contributed by atoms with Gasteiger partial charge in [-0.1, -0.05) is 58.3 Å². The van der Waals surface area contributed by atoms with Crippen molar-refractivity contribution in [3.63, 3.8) is 0 Å². The monoisotopic (exact) mass is 332 g/mol. The Labute approximate surface area is 140 Å². The Morgan fingerprint density at radius 3 is 2.09 bits per heavy atom. The van der Waals surface area contributed by atoms with E-state index in [1.54, 1.807) is 0 Å². The van der Waals surface area contributed by atoms with E-state index in [0.717, 1.165) is 17.9 Å². The number of hydrogen-bond donors (Lipinski definition) is 4. The van der Waals surface area contributed by atoms with Crippen molar-refractivity contribution in [3.05, 3.63) is 0 Å². The maximum atomic E-state index is 11.6. The fourth-order valence-corrected chi connectivity index (χ4v) is 2.45. The van der Waals surface area contributed by atoms with Crippen molar-refractivity contribution in [1.82, 2.24) is 10.4 Å². The zero-order valence-corrected chi connectivity index (χ0v) is 14.7. The summed E-state index contributed by atoms with van der Waals surface area (Å²) in [7, 11) is 0. The van der Waals surface area contributed by atoms with E-state index in [-0.39, 0.29) is 12.5 Å². The maximum Gasteiger partial charge on any atom is 0.219 e. The third-order valence-electron chi connectivity index (χ3n) is 3.80. The minimum Gasteiger partial charge on any atom is -0.367 e. The molecular formula is C17H36N2O4. The number of nitrogens with one attached hydrogen (secondary N) is 1. The molecule has 0 spiro atoms. The molecule has 0 bridgehead atoms. The molecule has 0 aromatic carbocycles. The molecule has 0 saturated carbocycles. The second-order valence-corrected chi connectivity index (χ2v) is 6.18. The van der Waals surface area contributed by atoms with Gasteiger partial charge >= 0.3 is 0 Å². The molecule has 0 aliphatic rings. The first kappa shape index (κ1) is 22.3. The van der Waals surface area contributed by atoms with Crippen LogP contribution in [0, 0.1) is 0 Å². The van der Waals surface area contributed by atoms with Crippen molar-refractivity contribution in [2.75, 3.05) is 19.6 Å². The first-order valence-corrected chi connectivity index (χ1v) is 9.13. The molecule has 1 amide bonds. The summed E-state index contributed by atoms with van der Waals surface area (Å²) in [6, 6.07) is 0.